The lowest BCUT2D eigenvalue weighted by molar-refractivity contribution is -0.384. The van der Waals surface area contributed by atoms with E-state index < -0.39 is 4.92 Å². The highest BCUT2D eigenvalue weighted by atomic mass is 35.5. The van der Waals surface area contributed by atoms with Gasteiger partial charge in [0.25, 0.3) is 0 Å². The minimum absolute atomic E-state index is 0.0566. The van der Waals surface area contributed by atoms with Gasteiger partial charge in [0.15, 0.2) is 0 Å². The second-order valence-electron chi connectivity index (χ2n) is 3.17. The molecule has 18 heavy (non-hydrogen) atoms. The molecule has 0 aliphatic rings. The van der Waals surface area contributed by atoms with Crippen LogP contribution in [0.5, 0.6) is 0 Å². The fourth-order valence-electron chi connectivity index (χ4n) is 1.20. The zero-order valence-electron chi connectivity index (χ0n) is 8.83. The molecule has 2 rings (SSSR count). The molecule has 0 radical (unpaired) electrons. The van der Waals surface area contributed by atoms with Gasteiger partial charge < -0.3 is 15.5 Å². The minimum Gasteiger partial charge on any atom is -0.406 e. The average molecular weight is 271 g/mol. The van der Waals surface area contributed by atoms with E-state index in [9.17, 15) is 10.1 Å². The van der Waals surface area contributed by atoms with Gasteiger partial charge in [-0.2, -0.15) is 0 Å². The topological polar surface area (TPSA) is 133 Å². The Kier molecular flexibility index (Phi) is 3.24. The maximum atomic E-state index is 10.8. The van der Waals surface area contributed by atoms with E-state index in [0.29, 0.717) is 0 Å². The van der Waals surface area contributed by atoms with E-state index >= 15 is 0 Å². The summed E-state index contributed by atoms with van der Waals surface area (Å²) in [5.41, 5.74) is 5.00. The van der Waals surface area contributed by atoms with Crippen molar-refractivity contribution in [3.05, 3.63) is 33.3 Å². The summed E-state index contributed by atoms with van der Waals surface area (Å²) in [5.74, 6) is 0.250. The summed E-state index contributed by atoms with van der Waals surface area (Å²) in [5, 5.41) is 20.7. The number of nitrogens with zero attached hydrogens (tertiary/aromatic N) is 4. The number of nitrogens with two attached hydrogens (primary N) is 1. The molecule has 9 nitrogen and oxygen atoms in total. The van der Waals surface area contributed by atoms with Crippen molar-refractivity contribution in [2.45, 2.75) is 6.54 Å². The van der Waals surface area contributed by atoms with Gasteiger partial charge in [0.05, 0.1) is 16.5 Å². The summed E-state index contributed by atoms with van der Waals surface area (Å²) in [6.45, 7) is 0.0691. The van der Waals surface area contributed by atoms with Crippen LogP contribution in [0.25, 0.3) is 0 Å². The molecule has 0 aliphatic carbocycles. The molecule has 2 heterocycles. The highest BCUT2D eigenvalue weighted by molar-refractivity contribution is 6.30. The largest absolute Gasteiger partial charge is 0.406 e. The van der Waals surface area contributed by atoms with E-state index in [1.54, 1.807) is 0 Å². The van der Waals surface area contributed by atoms with Gasteiger partial charge in [0, 0.05) is 12.3 Å². The number of rotatable bonds is 4. The van der Waals surface area contributed by atoms with Crippen LogP contribution < -0.4 is 11.1 Å². The predicted octanol–water partition coefficient (Wildman–Crippen LogP) is 1.22. The zero-order chi connectivity index (χ0) is 13.1. The van der Waals surface area contributed by atoms with E-state index in [4.69, 9.17) is 21.8 Å². The minimum atomic E-state index is -0.594. The van der Waals surface area contributed by atoms with Gasteiger partial charge >= 0.3 is 11.7 Å². The van der Waals surface area contributed by atoms with Crippen molar-refractivity contribution < 1.29 is 9.34 Å². The van der Waals surface area contributed by atoms with Crippen molar-refractivity contribution >= 4 is 29.1 Å². The molecule has 3 N–H and O–H groups in total. The Balaban J connectivity index is 2.16. The summed E-state index contributed by atoms with van der Waals surface area (Å²) in [6, 6.07) is 1.12. The molecule has 0 aromatic carbocycles. The summed E-state index contributed by atoms with van der Waals surface area (Å²) >= 11 is 5.63. The van der Waals surface area contributed by atoms with Crippen LogP contribution in [-0.2, 0) is 6.54 Å². The third kappa shape index (κ3) is 2.63. The maximum Gasteiger partial charge on any atom is 0.312 e. The monoisotopic (exact) mass is 270 g/mol. The number of nitrogen functional groups attached to an aromatic ring is 1. The van der Waals surface area contributed by atoms with Crippen molar-refractivity contribution in [1.29, 1.82) is 0 Å². The number of aromatic nitrogens is 3. The van der Waals surface area contributed by atoms with E-state index in [1.165, 1.54) is 12.3 Å². The molecule has 10 heteroatoms. The normalized spacial score (nSPS) is 10.3. The standard InChI is InChI=1S/C8H7ClN6O3/c9-4-1-5(15(16)17)7(11-2-4)12-3-6-13-14-8(10)18-6/h1-2H,3H2,(H2,10,14)(H,11,12). The molecule has 0 atom stereocenters. The molecule has 2 aromatic heterocycles. The third-order valence-corrected chi connectivity index (χ3v) is 2.13. The van der Waals surface area contributed by atoms with Crippen molar-refractivity contribution in [2.75, 3.05) is 11.1 Å². The molecule has 0 fully saturated rings. The molecule has 0 aliphatic heterocycles. The van der Waals surface area contributed by atoms with Crippen LogP contribution in [0.1, 0.15) is 5.89 Å². The molecular formula is C8H7ClN6O3. The van der Waals surface area contributed by atoms with Gasteiger partial charge in [0.1, 0.15) is 0 Å². The Morgan fingerprint density at radius 3 is 2.94 bits per heavy atom. The highest BCUT2D eigenvalue weighted by Crippen LogP contribution is 2.25. The first-order chi connectivity index (χ1) is 8.56. The van der Waals surface area contributed by atoms with Gasteiger partial charge in [-0.3, -0.25) is 10.1 Å². The van der Waals surface area contributed by atoms with Crippen LogP contribution in [0.15, 0.2) is 16.7 Å². The summed E-state index contributed by atoms with van der Waals surface area (Å²) < 4.78 is 4.90. The number of nitrogens with one attached hydrogen (secondary N) is 1. The molecule has 0 saturated carbocycles. The smallest absolute Gasteiger partial charge is 0.312 e. The fourth-order valence-corrected chi connectivity index (χ4v) is 1.35. The van der Waals surface area contributed by atoms with E-state index in [-0.39, 0.29) is 35.0 Å². The molecule has 0 unspecified atom stereocenters. The summed E-state index contributed by atoms with van der Waals surface area (Å²) in [7, 11) is 0. The molecule has 2 aromatic rings. The fraction of sp³-hybridized carbons (Fsp3) is 0.125. The van der Waals surface area contributed by atoms with Crippen LogP contribution >= 0.6 is 11.6 Å². The Labute approximate surface area is 105 Å². The average Bonchev–Trinajstić information content (AvgIpc) is 2.73. The lowest BCUT2D eigenvalue weighted by Crippen LogP contribution is -2.04. The Morgan fingerprint density at radius 2 is 2.33 bits per heavy atom. The maximum absolute atomic E-state index is 10.8. The molecule has 0 amide bonds. The van der Waals surface area contributed by atoms with Crippen molar-refractivity contribution in [2.24, 2.45) is 0 Å². The molecule has 0 bridgehead atoms. The first-order valence-electron chi connectivity index (χ1n) is 4.68. The van der Waals surface area contributed by atoms with Crippen LogP contribution in [0.3, 0.4) is 0 Å². The van der Waals surface area contributed by atoms with E-state index in [2.05, 4.69) is 20.5 Å². The van der Waals surface area contributed by atoms with Gasteiger partial charge in [-0.05, 0) is 0 Å². The molecule has 94 valence electrons. The van der Waals surface area contributed by atoms with Crippen molar-refractivity contribution in [1.82, 2.24) is 15.2 Å². The van der Waals surface area contributed by atoms with Crippen LogP contribution in [0, 0.1) is 10.1 Å². The first kappa shape index (κ1) is 12.0. The number of nitro groups is 1. The lowest BCUT2D eigenvalue weighted by atomic mass is 10.4. The van der Waals surface area contributed by atoms with Gasteiger partial charge in [-0.25, -0.2) is 4.98 Å². The third-order valence-electron chi connectivity index (χ3n) is 1.92. The second kappa shape index (κ2) is 4.84. The Morgan fingerprint density at radius 1 is 1.56 bits per heavy atom. The summed E-state index contributed by atoms with van der Waals surface area (Å²) in [4.78, 5) is 14.0. The number of anilines is 2. The number of hydrogen-bond donors (Lipinski definition) is 2. The zero-order valence-corrected chi connectivity index (χ0v) is 9.59. The lowest BCUT2D eigenvalue weighted by Gasteiger charge is -2.03. The molecular weight excluding hydrogens is 264 g/mol. The van der Waals surface area contributed by atoms with Gasteiger partial charge in [-0.15, -0.1) is 5.10 Å². The SMILES string of the molecule is Nc1nnc(CNc2ncc(Cl)cc2[N+](=O)[O-])o1. The molecule has 0 spiro atoms. The highest BCUT2D eigenvalue weighted by Gasteiger charge is 2.16. The van der Waals surface area contributed by atoms with Crippen LogP contribution in [0.2, 0.25) is 5.02 Å². The van der Waals surface area contributed by atoms with E-state index in [1.807, 2.05) is 0 Å². The number of hydrogen-bond acceptors (Lipinski definition) is 8. The van der Waals surface area contributed by atoms with Gasteiger partial charge in [0.2, 0.25) is 11.7 Å². The summed E-state index contributed by atoms with van der Waals surface area (Å²) in [6.07, 6.45) is 1.29. The quantitative estimate of drug-likeness (QED) is 0.626. The molecule has 0 saturated heterocycles. The van der Waals surface area contributed by atoms with Crippen molar-refractivity contribution in [3.8, 4) is 0 Å². The predicted molar refractivity (Wildman–Crippen MR) is 61.9 cm³/mol. The Bertz CT molecular complexity index is 586. The number of halogens is 1. The second-order valence-corrected chi connectivity index (χ2v) is 3.60. The van der Waals surface area contributed by atoms with Crippen LogP contribution in [0.4, 0.5) is 17.5 Å². The first-order valence-corrected chi connectivity index (χ1v) is 5.05. The van der Waals surface area contributed by atoms with E-state index in [0.717, 1.165) is 0 Å². The number of pyridine rings is 1. The van der Waals surface area contributed by atoms with Crippen LogP contribution in [-0.4, -0.2) is 20.1 Å². The van der Waals surface area contributed by atoms with Crippen molar-refractivity contribution in [3.63, 3.8) is 0 Å². The van der Waals surface area contributed by atoms with Gasteiger partial charge in [-0.1, -0.05) is 16.7 Å². The Hall–Kier alpha value is -2.42.